The molecule has 1 saturated heterocycles. The van der Waals surface area contributed by atoms with Gasteiger partial charge < -0.3 is 9.47 Å². The Morgan fingerprint density at radius 2 is 1.29 bits per heavy atom. The van der Waals surface area contributed by atoms with Gasteiger partial charge in [-0.05, 0) is 33.3 Å². The minimum absolute atomic E-state index is 0.205. The monoisotopic (exact) mass is 645 g/mol. The van der Waals surface area contributed by atoms with Crippen molar-refractivity contribution in [3.8, 4) is 0 Å². The molecule has 0 amide bonds. The predicted molar refractivity (Wildman–Crippen MR) is 124 cm³/mol. The topological polar surface area (TPSA) is 64.6 Å². The van der Waals surface area contributed by atoms with Crippen LogP contribution in [0.1, 0.15) is 39.2 Å². The van der Waals surface area contributed by atoms with Crippen LogP contribution in [0.5, 0.6) is 0 Å². The molecule has 0 bridgehead atoms. The van der Waals surface area contributed by atoms with Crippen LogP contribution >= 0.6 is 63.7 Å². The highest BCUT2D eigenvalue weighted by Crippen LogP contribution is 2.63. The number of piperidine rings is 1. The van der Waals surface area contributed by atoms with Crippen molar-refractivity contribution in [2.75, 3.05) is 13.2 Å². The van der Waals surface area contributed by atoms with Crippen LogP contribution in [0.4, 0.5) is 0 Å². The first-order chi connectivity index (χ1) is 12.9. The molecule has 28 heavy (non-hydrogen) atoms. The fourth-order valence-corrected chi connectivity index (χ4v) is 7.43. The van der Waals surface area contributed by atoms with E-state index in [9.17, 15) is 9.59 Å². The maximum atomic E-state index is 13.3. The highest BCUT2D eigenvalue weighted by molar-refractivity contribution is 9.14. The van der Waals surface area contributed by atoms with E-state index in [1.54, 1.807) is 13.8 Å². The van der Waals surface area contributed by atoms with Crippen molar-refractivity contribution in [2.45, 2.75) is 51.2 Å². The average Bonchev–Trinajstić information content (AvgIpc) is 2.60. The lowest BCUT2D eigenvalue weighted by molar-refractivity contribution is -0.154. The van der Waals surface area contributed by atoms with E-state index in [4.69, 9.17) is 9.47 Å². The minimum atomic E-state index is -1.35. The third kappa shape index (κ3) is 3.74. The second-order valence-corrected chi connectivity index (χ2v) is 12.5. The number of carbonyl (C=O) groups excluding carboxylic acids is 2. The maximum absolute atomic E-state index is 13.3. The lowest BCUT2D eigenvalue weighted by atomic mass is 9.67. The van der Waals surface area contributed by atoms with Crippen molar-refractivity contribution in [1.29, 1.82) is 0 Å². The Bertz CT molecular complexity index is 701. The van der Waals surface area contributed by atoms with Gasteiger partial charge in [-0.15, -0.1) is 0 Å². The van der Waals surface area contributed by atoms with Gasteiger partial charge in [-0.1, -0.05) is 94.1 Å². The SMILES string of the molecule is CCOC(=O)[C@]1(Br)C(c2ccccc2)[C@@](Br)(C(=O)OCC)[C@](C)(Br)N[C@]1(C)Br. The molecule has 1 aliphatic heterocycles. The van der Waals surface area contributed by atoms with Gasteiger partial charge in [0.05, 0.1) is 22.1 Å². The standard InChI is InChI=1S/C19H23Br4NO4/c1-5-27-14(25)18(22)13(12-10-8-7-9-11-12)19(23,15(26)28-6-2)17(4,21)24-16(18,3)20/h7-11,13,24H,5-6H2,1-4H3/t13?,16-,17+,18-,19-/m1/s1. The molecule has 5 atom stereocenters. The minimum Gasteiger partial charge on any atom is -0.465 e. The summed E-state index contributed by atoms with van der Waals surface area (Å²) in [6, 6.07) is 9.38. The molecule has 1 fully saturated rings. The van der Waals surface area contributed by atoms with Crippen LogP contribution in [-0.2, 0) is 19.1 Å². The third-order valence-electron chi connectivity index (χ3n) is 4.91. The van der Waals surface area contributed by atoms with Crippen molar-refractivity contribution in [3.05, 3.63) is 35.9 Å². The summed E-state index contributed by atoms with van der Waals surface area (Å²) in [4.78, 5) is 26.5. The fraction of sp³-hybridized carbons (Fsp3) is 0.579. The van der Waals surface area contributed by atoms with Crippen molar-refractivity contribution in [3.63, 3.8) is 0 Å². The van der Waals surface area contributed by atoms with E-state index < -0.39 is 35.4 Å². The second kappa shape index (κ2) is 8.65. The number of hydrogen-bond acceptors (Lipinski definition) is 5. The zero-order chi connectivity index (χ0) is 21.4. The highest BCUT2D eigenvalue weighted by atomic mass is 79.9. The van der Waals surface area contributed by atoms with Gasteiger partial charge in [-0.25, -0.2) is 0 Å². The van der Waals surface area contributed by atoms with E-state index >= 15 is 0 Å². The Hall–Kier alpha value is 0.0400. The van der Waals surface area contributed by atoms with E-state index in [2.05, 4.69) is 69.0 Å². The summed E-state index contributed by atoms with van der Waals surface area (Å²) in [6.07, 6.45) is 0. The highest BCUT2D eigenvalue weighted by Gasteiger charge is 2.75. The fourth-order valence-electron chi connectivity index (χ4n) is 3.64. The van der Waals surface area contributed by atoms with Crippen LogP contribution in [0, 0.1) is 0 Å². The molecular weight excluding hydrogens is 626 g/mol. The van der Waals surface area contributed by atoms with E-state index in [1.165, 1.54) is 0 Å². The molecule has 5 nitrogen and oxygen atoms in total. The van der Waals surface area contributed by atoms with Gasteiger partial charge in [0.25, 0.3) is 0 Å². The summed E-state index contributed by atoms with van der Waals surface area (Å²) in [7, 11) is 0. The molecule has 9 heteroatoms. The first kappa shape index (κ1) is 24.3. The number of nitrogens with one attached hydrogen (secondary N) is 1. The van der Waals surface area contributed by atoms with E-state index in [0.717, 1.165) is 5.56 Å². The summed E-state index contributed by atoms with van der Waals surface area (Å²) >= 11 is 14.7. The zero-order valence-corrected chi connectivity index (χ0v) is 22.4. The molecule has 1 unspecified atom stereocenters. The number of carbonyl (C=O) groups is 2. The lowest BCUT2D eigenvalue weighted by Crippen LogP contribution is -2.79. The quantitative estimate of drug-likeness (QED) is 0.277. The van der Waals surface area contributed by atoms with Gasteiger partial charge in [0.1, 0.15) is 0 Å². The van der Waals surface area contributed by atoms with E-state index in [-0.39, 0.29) is 13.2 Å². The van der Waals surface area contributed by atoms with Crippen LogP contribution in [0.2, 0.25) is 0 Å². The van der Waals surface area contributed by atoms with Crippen molar-refractivity contribution < 1.29 is 19.1 Å². The van der Waals surface area contributed by atoms with Gasteiger partial charge in [-0.3, -0.25) is 14.9 Å². The maximum Gasteiger partial charge on any atom is 0.326 e. The molecule has 1 aliphatic rings. The van der Waals surface area contributed by atoms with Crippen LogP contribution in [-0.4, -0.2) is 42.7 Å². The summed E-state index contributed by atoms with van der Waals surface area (Å²) in [5, 5.41) is 3.33. The predicted octanol–water partition coefficient (Wildman–Crippen LogP) is 4.99. The van der Waals surface area contributed by atoms with Gasteiger partial charge in [0.15, 0.2) is 8.65 Å². The van der Waals surface area contributed by atoms with Crippen molar-refractivity contribution in [1.82, 2.24) is 5.32 Å². The molecule has 0 saturated carbocycles. The number of esters is 2. The number of ether oxygens (including phenoxy) is 2. The number of halogens is 4. The van der Waals surface area contributed by atoms with Crippen LogP contribution in [0.15, 0.2) is 30.3 Å². The molecule has 1 aromatic carbocycles. The van der Waals surface area contributed by atoms with Crippen LogP contribution < -0.4 is 5.32 Å². The summed E-state index contributed by atoms with van der Waals surface area (Å²) in [5.74, 6) is -1.69. The van der Waals surface area contributed by atoms with Gasteiger partial charge >= 0.3 is 11.9 Å². The Morgan fingerprint density at radius 1 is 0.893 bits per heavy atom. The first-order valence-electron chi connectivity index (χ1n) is 8.84. The van der Waals surface area contributed by atoms with E-state index in [1.807, 2.05) is 44.2 Å². The number of rotatable bonds is 5. The Labute approximate surface area is 199 Å². The Morgan fingerprint density at radius 3 is 1.64 bits per heavy atom. The number of hydrogen-bond donors (Lipinski definition) is 1. The van der Waals surface area contributed by atoms with Crippen molar-refractivity contribution in [2.24, 2.45) is 0 Å². The summed E-state index contributed by atoms with van der Waals surface area (Å²) < 4.78 is 6.21. The first-order valence-corrected chi connectivity index (χ1v) is 12.0. The molecule has 0 aromatic heterocycles. The number of alkyl halides is 4. The molecule has 2 rings (SSSR count). The largest absolute Gasteiger partial charge is 0.465 e. The normalized spacial score (nSPS) is 37.9. The lowest BCUT2D eigenvalue weighted by Gasteiger charge is -2.60. The van der Waals surface area contributed by atoms with Crippen molar-refractivity contribution >= 4 is 75.7 Å². The molecule has 1 aromatic rings. The van der Waals surface area contributed by atoms with E-state index in [0.29, 0.717) is 0 Å². The Balaban J connectivity index is 2.86. The van der Waals surface area contributed by atoms with Crippen LogP contribution in [0.25, 0.3) is 0 Å². The van der Waals surface area contributed by atoms with Gasteiger partial charge in [0, 0.05) is 5.92 Å². The summed E-state index contributed by atoms with van der Waals surface area (Å²) in [6.45, 7) is 7.55. The molecule has 1 heterocycles. The molecule has 0 radical (unpaired) electrons. The smallest absolute Gasteiger partial charge is 0.326 e. The molecule has 0 spiro atoms. The number of benzene rings is 1. The second-order valence-electron chi connectivity index (χ2n) is 6.84. The molecule has 0 aliphatic carbocycles. The average molecular weight is 649 g/mol. The molecule has 1 N–H and O–H groups in total. The Kier molecular flexibility index (Phi) is 7.51. The summed E-state index contributed by atoms with van der Waals surface area (Å²) in [5.41, 5.74) is 0.773. The van der Waals surface area contributed by atoms with Crippen LogP contribution in [0.3, 0.4) is 0 Å². The van der Waals surface area contributed by atoms with Gasteiger partial charge in [0.2, 0.25) is 0 Å². The third-order valence-corrected chi connectivity index (χ3v) is 10.8. The zero-order valence-electron chi connectivity index (χ0n) is 16.0. The molecular formula is C19H23Br4NO4. The van der Waals surface area contributed by atoms with Gasteiger partial charge in [-0.2, -0.15) is 0 Å². The molecule has 156 valence electrons.